The van der Waals surface area contributed by atoms with Crippen molar-refractivity contribution < 1.29 is 4.79 Å². The molecular formula is C15H19N5O. The van der Waals surface area contributed by atoms with Crippen molar-refractivity contribution in [3.63, 3.8) is 0 Å². The molecule has 1 amide bonds. The van der Waals surface area contributed by atoms with E-state index >= 15 is 0 Å². The molecule has 0 saturated heterocycles. The molecule has 6 heteroatoms. The Hall–Kier alpha value is -2.34. The number of aryl methyl sites for hydroxylation is 3. The number of nitrogens with zero attached hydrogens (tertiary/aromatic N) is 3. The van der Waals surface area contributed by atoms with E-state index in [4.69, 9.17) is 5.73 Å². The van der Waals surface area contributed by atoms with E-state index in [-0.39, 0.29) is 11.9 Å². The third-order valence-corrected chi connectivity index (χ3v) is 3.25. The largest absolute Gasteiger partial charge is 0.320 e. The number of anilines is 1. The van der Waals surface area contributed by atoms with Crippen molar-refractivity contribution in [3.8, 4) is 0 Å². The topological polar surface area (TPSA) is 93.8 Å². The van der Waals surface area contributed by atoms with Gasteiger partial charge in [-0.05, 0) is 32.3 Å². The Morgan fingerprint density at radius 1 is 1.19 bits per heavy atom. The Morgan fingerprint density at radius 2 is 1.90 bits per heavy atom. The fourth-order valence-electron chi connectivity index (χ4n) is 1.81. The average molecular weight is 285 g/mol. The van der Waals surface area contributed by atoms with Crippen molar-refractivity contribution >= 4 is 11.9 Å². The van der Waals surface area contributed by atoms with Gasteiger partial charge < -0.3 is 5.73 Å². The predicted molar refractivity (Wildman–Crippen MR) is 80.7 cm³/mol. The molecule has 0 saturated carbocycles. The summed E-state index contributed by atoms with van der Waals surface area (Å²) < 4.78 is 0. The molecule has 0 fully saturated rings. The van der Waals surface area contributed by atoms with Crippen LogP contribution in [0.5, 0.6) is 0 Å². The number of carbonyl (C=O) groups is 1. The van der Waals surface area contributed by atoms with Gasteiger partial charge in [-0.25, -0.2) is 4.98 Å². The molecule has 0 aliphatic carbocycles. The highest BCUT2D eigenvalue weighted by molar-refractivity contribution is 5.93. The van der Waals surface area contributed by atoms with Gasteiger partial charge in [0.2, 0.25) is 11.9 Å². The van der Waals surface area contributed by atoms with E-state index in [1.165, 1.54) is 0 Å². The number of rotatable bonds is 5. The van der Waals surface area contributed by atoms with Crippen LogP contribution in [0.3, 0.4) is 0 Å². The monoisotopic (exact) mass is 285 g/mol. The quantitative estimate of drug-likeness (QED) is 0.865. The first kappa shape index (κ1) is 15.1. The minimum absolute atomic E-state index is 0.193. The van der Waals surface area contributed by atoms with Crippen molar-refractivity contribution in [2.75, 3.05) is 5.32 Å². The van der Waals surface area contributed by atoms with E-state index in [0.717, 1.165) is 23.4 Å². The summed E-state index contributed by atoms with van der Waals surface area (Å²) in [5, 5.41) is 10.3. The number of nitrogens with two attached hydrogens (primary N) is 1. The van der Waals surface area contributed by atoms with E-state index in [9.17, 15) is 4.79 Å². The van der Waals surface area contributed by atoms with Gasteiger partial charge in [0.15, 0.2) is 0 Å². The molecule has 2 rings (SSSR count). The molecule has 1 atom stereocenters. The molecule has 0 radical (unpaired) electrons. The van der Waals surface area contributed by atoms with Crippen molar-refractivity contribution in [2.24, 2.45) is 5.73 Å². The summed E-state index contributed by atoms with van der Waals surface area (Å²) >= 11 is 0. The average Bonchev–Trinajstić information content (AvgIpc) is 2.49. The van der Waals surface area contributed by atoms with Crippen LogP contribution in [0.1, 0.15) is 23.4 Å². The van der Waals surface area contributed by atoms with Gasteiger partial charge in [-0.2, -0.15) is 5.10 Å². The molecule has 0 aliphatic rings. The number of nitrogens with one attached hydrogen (secondary N) is 1. The lowest BCUT2D eigenvalue weighted by Gasteiger charge is -2.11. The van der Waals surface area contributed by atoms with Crippen LogP contribution >= 0.6 is 0 Å². The van der Waals surface area contributed by atoms with Gasteiger partial charge >= 0.3 is 0 Å². The smallest absolute Gasteiger partial charge is 0.249 e. The second kappa shape index (κ2) is 6.90. The van der Waals surface area contributed by atoms with Crippen LogP contribution in [0.4, 0.5) is 5.95 Å². The molecule has 6 nitrogen and oxygen atoms in total. The third-order valence-electron chi connectivity index (χ3n) is 3.25. The third kappa shape index (κ3) is 4.32. The number of benzene rings is 1. The van der Waals surface area contributed by atoms with E-state index in [0.29, 0.717) is 6.42 Å². The zero-order valence-corrected chi connectivity index (χ0v) is 12.2. The second-order valence-corrected chi connectivity index (χ2v) is 4.93. The fraction of sp³-hybridized carbons (Fsp3) is 0.333. The molecule has 3 N–H and O–H groups in total. The van der Waals surface area contributed by atoms with Crippen LogP contribution in [0, 0.1) is 13.8 Å². The van der Waals surface area contributed by atoms with Crippen LogP contribution < -0.4 is 11.1 Å². The molecular weight excluding hydrogens is 266 g/mol. The van der Waals surface area contributed by atoms with Gasteiger partial charge in [-0.1, -0.05) is 30.3 Å². The summed E-state index contributed by atoms with van der Waals surface area (Å²) in [4.78, 5) is 16.1. The Bertz CT molecular complexity index is 615. The molecule has 0 unspecified atom stereocenters. The first-order valence-corrected chi connectivity index (χ1v) is 6.84. The summed E-state index contributed by atoms with van der Waals surface area (Å²) in [6.07, 6.45) is 1.32. The molecule has 1 aromatic carbocycles. The standard InChI is InChI=1S/C15H19N5O/c1-10-11(2)19-20-15(17-10)18-14(21)13(16)9-8-12-6-4-3-5-7-12/h3-7,13H,8-9,16H2,1-2H3,(H,17,18,20,21)/t13-/m0/s1. The van der Waals surface area contributed by atoms with Gasteiger partial charge in [0.1, 0.15) is 0 Å². The zero-order chi connectivity index (χ0) is 15.2. The highest BCUT2D eigenvalue weighted by Crippen LogP contribution is 2.06. The van der Waals surface area contributed by atoms with Crippen molar-refractivity contribution in [1.82, 2.24) is 15.2 Å². The van der Waals surface area contributed by atoms with Gasteiger partial charge in [-0.3, -0.25) is 10.1 Å². The Labute approximate surface area is 123 Å². The molecule has 1 aromatic heterocycles. The van der Waals surface area contributed by atoms with E-state index in [1.54, 1.807) is 0 Å². The normalized spacial score (nSPS) is 12.0. The number of aromatic nitrogens is 3. The minimum Gasteiger partial charge on any atom is -0.320 e. The van der Waals surface area contributed by atoms with Crippen LogP contribution in [-0.2, 0) is 11.2 Å². The van der Waals surface area contributed by atoms with Crippen LogP contribution in [0.15, 0.2) is 30.3 Å². The molecule has 2 aromatic rings. The Balaban J connectivity index is 1.89. The summed E-state index contributed by atoms with van der Waals surface area (Å²) in [7, 11) is 0. The maximum absolute atomic E-state index is 12.0. The summed E-state index contributed by atoms with van der Waals surface area (Å²) in [5.41, 5.74) is 8.52. The highest BCUT2D eigenvalue weighted by Gasteiger charge is 2.15. The number of hydrogen-bond acceptors (Lipinski definition) is 5. The lowest BCUT2D eigenvalue weighted by atomic mass is 10.1. The molecule has 0 bridgehead atoms. The molecule has 0 spiro atoms. The summed E-state index contributed by atoms with van der Waals surface area (Å²) in [6, 6.07) is 9.32. The van der Waals surface area contributed by atoms with Crippen LogP contribution in [-0.4, -0.2) is 27.1 Å². The van der Waals surface area contributed by atoms with E-state index in [1.807, 2.05) is 44.2 Å². The summed E-state index contributed by atoms with van der Waals surface area (Å²) in [6.45, 7) is 3.63. The second-order valence-electron chi connectivity index (χ2n) is 4.93. The van der Waals surface area contributed by atoms with Gasteiger partial charge in [0.25, 0.3) is 0 Å². The molecule has 0 aliphatic heterocycles. The van der Waals surface area contributed by atoms with Crippen molar-refractivity contribution in [2.45, 2.75) is 32.7 Å². The predicted octanol–water partition coefficient (Wildman–Crippen LogP) is 1.39. The Morgan fingerprint density at radius 3 is 2.57 bits per heavy atom. The Kier molecular flexibility index (Phi) is 4.94. The van der Waals surface area contributed by atoms with E-state index in [2.05, 4.69) is 20.5 Å². The van der Waals surface area contributed by atoms with Crippen LogP contribution in [0.2, 0.25) is 0 Å². The first-order valence-electron chi connectivity index (χ1n) is 6.84. The van der Waals surface area contributed by atoms with Crippen molar-refractivity contribution in [1.29, 1.82) is 0 Å². The molecule has 21 heavy (non-hydrogen) atoms. The van der Waals surface area contributed by atoms with Gasteiger partial charge in [0.05, 0.1) is 17.4 Å². The van der Waals surface area contributed by atoms with Gasteiger partial charge in [-0.15, -0.1) is 5.10 Å². The minimum atomic E-state index is -0.601. The number of amides is 1. The first-order chi connectivity index (χ1) is 10.1. The lowest BCUT2D eigenvalue weighted by molar-refractivity contribution is -0.117. The van der Waals surface area contributed by atoms with Crippen LogP contribution in [0.25, 0.3) is 0 Å². The zero-order valence-electron chi connectivity index (χ0n) is 12.2. The number of hydrogen-bond donors (Lipinski definition) is 2. The summed E-state index contributed by atoms with van der Waals surface area (Å²) in [5.74, 6) is -0.103. The maximum Gasteiger partial charge on any atom is 0.249 e. The fourth-order valence-corrected chi connectivity index (χ4v) is 1.81. The molecule has 110 valence electrons. The molecule has 1 heterocycles. The van der Waals surface area contributed by atoms with Crippen molar-refractivity contribution in [3.05, 3.63) is 47.3 Å². The van der Waals surface area contributed by atoms with Gasteiger partial charge in [0, 0.05) is 0 Å². The highest BCUT2D eigenvalue weighted by atomic mass is 16.2. The van der Waals surface area contributed by atoms with E-state index < -0.39 is 6.04 Å². The SMILES string of the molecule is Cc1nnc(NC(=O)[C@@H](N)CCc2ccccc2)nc1C. The maximum atomic E-state index is 12.0. The number of carbonyl (C=O) groups excluding carboxylic acids is 1. The lowest BCUT2D eigenvalue weighted by Crippen LogP contribution is -2.36.